The molecular formula is C17H16FNO. The minimum absolute atomic E-state index is 0.106. The van der Waals surface area contributed by atoms with Gasteiger partial charge < -0.3 is 5.32 Å². The molecule has 2 aromatic carbocycles. The van der Waals surface area contributed by atoms with E-state index >= 15 is 0 Å². The van der Waals surface area contributed by atoms with Gasteiger partial charge in [0.05, 0.1) is 5.92 Å². The molecule has 3 rings (SSSR count). The number of rotatable bonds is 3. The third kappa shape index (κ3) is 2.63. The molecule has 1 N–H and O–H groups in total. The Bertz CT molecular complexity index is 621. The minimum atomic E-state index is -0.272. The maximum Gasteiger partial charge on any atom is 0.145 e. The normalized spacial score (nSPS) is 17.6. The molecule has 0 saturated carbocycles. The first kappa shape index (κ1) is 13.0. The number of carbonyl (C=O) groups excluding carboxylic acids is 1. The van der Waals surface area contributed by atoms with Gasteiger partial charge >= 0.3 is 0 Å². The molecule has 0 aliphatic carbocycles. The van der Waals surface area contributed by atoms with Gasteiger partial charge in [-0.05, 0) is 28.8 Å². The molecule has 1 aliphatic heterocycles. The summed E-state index contributed by atoms with van der Waals surface area (Å²) in [6.45, 7) is 1.49. The van der Waals surface area contributed by atoms with Crippen molar-refractivity contribution in [2.24, 2.45) is 0 Å². The first-order valence-electron chi connectivity index (χ1n) is 6.80. The summed E-state index contributed by atoms with van der Waals surface area (Å²) in [7, 11) is 0. The van der Waals surface area contributed by atoms with Crippen LogP contribution >= 0.6 is 0 Å². The molecule has 0 radical (unpaired) electrons. The van der Waals surface area contributed by atoms with Crippen LogP contribution in [-0.4, -0.2) is 12.3 Å². The molecule has 0 bridgehead atoms. The standard InChI is InChI=1S/C17H16FNO/c18-14-7-5-12(6-8-14)9-17(20)16-11-19-10-13-3-1-2-4-15(13)16/h1-8,16,19H,9-11H2. The maximum absolute atomic E-state index is 12.9. The zero-order valence-electron chi connectivity index (χ0n) is 11.1. The van der Waals surface area contributed by atoms with Gasteiger partial charge in [0.2, 0.25) is 0 Å². The molecule has 2 nitrogen and oxygen atoms in total. The van der Waals surface area contributed by atoms with E-state index in [1.54, 1.807) is 12.1 Å². The van der Waals surface area contributed by atoms with E-state index in [1.165, 1.54) is 17.7 Å². The van der Waals surface area contributed by atoms with E-state index in [0.29, 0.717) is 13.0 Å². The van der Waals surface area contributed by atoms with Crippen molar-refractivity contribution in [2.45, 2.75) is 18.9 Å². The Balaban J connectivity index is 1.80. The number of halogens is 1. The fourth-order valence-electron chi connectivity index (χ4n) is 2.71. The average molecular weight is 269 g/mol. The number of hydrogen-bond acceptors (Lipinski definition) is 2. The number of ketones is 1. The van der Waals surface area contributed by atoms with Crippen LogP contribution in [0.1, 0.15) is 22.6 Å². The summed E-state index contributed by atoms with van der Waals surface area (Å²) in [5.74, 6) is -0.202. The first-order chi connectivity index (χ1) is 9.74. The van der Waals surface area contributed by atoms with Gasteiger partial charge in [-0.25, -0.2) is 4.39 Å². The summed E-state index contributed by atoms with van der Waals surface area (Å²) >= 11 is 0. The van der Waals surface area contributed by atoms with E-state index in [0.717, 1.165) is 17.7 Å². The van der Waals surface area contributed by atoms with E-state index < -0.39 is 0 Å². The van der Waals surface area contributed by atoms with Gasteiger partial charge in [0.1, 0.15) is 11.6 Å². The number of benzene rings is 2. The van der Waals surface area contributed by atoms with Crippen LogP contribution in [0.3, 0.4) is 0 Å². The second kappa shape index (κ2) is 5.55. The molecular weight excluding hydrogens is 253 g/mol. The van der Waals surface area contributed by atoms with Gasteiger partial charge in [0.15, 0.2) is 0 Å². The lowest BCUT2D eigenvalue weighted by Gasteiger charge is -2.25. The van der Waals surface area contributed by atoms with Gasteiger partial charge in [0.25, 0.3) is 0 Å². The smallest absolute Gasteiger partial charge is 0.145 e. The van der Waals surface area contributed by atoms with E-state index in [4.69, 9.17) is 0 Å². The molecule has 1 atom stereocenters. The van der Waals surface area contributed by atoms with Crippen LogP contribution in [0.5, 0.6) is 0 Å². The summed E-state index contributed by atoms with van der Waals surface area (Å²) in [6, 6.07) is 14.2. The zero-order chi connectivity index (χ0) is 13.9. The Hall–Kier alpha value is -2.00. The third-order valence-corrected chi connectivity index (χ3v) is 3.77. The van der Waals surface area contributed by atoms with Crippen LogP contribution in [0.4, 0.5) is 4.39 Å². The quantitative estimate of drug-likeness (QED) is 0.928. The Labute approximate surface area is 117 Å². The number of fused-ring (bicyclic) bond motifs is 1. The van der Waals surface area contributed by atoms with Crippen molar-refractivity contribution in [1.82, 2.24) is 5.32 Å². The molecule has 1 unspecified atom stereocenters. The van der Waals surface area contributed by atoms with Crippen LogP contribution in [0.2, 0.25) is 0 Å². The highest BCUT2D eigenvalue weighted by atomic mass is 19.1. The second-order valence-corrected chi connectivity index (χ2v) is 5.15. The zero-order valence-corrected chi connectivity index (χ0v) is 11.1. The Morgan fingerprint density at radius 3 is 2.70 bits per heavy atom. The van der Waals surface area contributed by atoms with E-state index in [-0.39, 0.29) is 17.5 Å². The molecule has 20 heavy (non-hydrogen) atoms. The molecule has 0 fully saturated rings. The first-order valence-corrected chi connectivity index (χ1v) is 6.80. The highest BCUT2D eigenvalue weighted by molar-refractivity contribution is 5.88. The molecule has 2 aromatic rings. The summed E-state index contributed by atoms with van der Waals surface area (Å²) in [5.41, 5.74) is 3.18. The van der Waals surface area contributed by atoms with E-state index in [1.807, 2.05) is 18.2 Å². The van der Waals surface area contributed by atoms with Gasteiger partial charge in [-0.3, -0.25) is 4.79 Å². The predicted octanol–water partition coefficient (Wildman–Crippen LogP) is 2.82. The predicted molar refractivity (Wildman–Crippen MR) is 76.0 cm³/mol. The maximum atomic E-state index is 12.9. The monoisotopic (exact) mass is 269 g/mol. The van der Waals surface area contributed by atoms with Gasteiger partial charge in [0, 0.05) is 19.5 Å². The number of Topliss-reactive ketones (excluding diaryl/α,β-unsaturated/α-hetero) is 1. The number of nitrogens with one attached hydrogen (secondary N) is 1. The van der Waals surface area contributed by atoms with Crippen molar-refractivity contribution < 1.29 is 9.18 Å². The van der Waals surface area contributed by atoms with Crippen LogP contribution in [0, 0.1) is 5.82 Å². The minimum Gasteiger partial charge on any atom is -0.312 e. The molecule has 0 aromatic heterocycles. The van der Waals surface area contributed by atoms with Crippen LogP contribution in [0.25, 0.3) is 0 Å². The van der Waals surface area contributed by atoms with Crippen molar-refractivity contribution in [3.63, 3.8) is 0 Å². The molecule has 0 amide bonds. The fourth-order valence-corrected chi connectivity index (χ4v) is 2.71. The van der Waals surface area contributed by atoms with E-state index in [9.17, 15) is 9.18 Å². The Morgan fingerprint density at radius 2 is 1.90 bits per heavy atom. The molecule has 3 heteroatoms. The highest BCUT2D eigenvalue weighted by Gasteiger charge is 2.25. The van der Waals surface area contributed by atoms with E-state index in [2.05, 4.69) is 11.4 Å². The van der Waals surface area contributed by atoms with Crippen molar-refractivity contribution in [2.75, 3.05) is 6.54 Å². The average Bonchev–Trinajstić information content (AvgIpc) is 2.49. The van der Waals surface area contributed by atoms with Crippen LogP contribution < -0.4 is 5.32 Å². The fraction of sp³-hybridized carbons (Fsp3) is 0.235. The Kier molecular flexibility index (Phi) is 3.61. The van der Waals surface area contributed by atoms with Crippen molar-refractivity contribution in [1.29, 1.82) is 0 Å². The van der Waals surface area contributed by atoms with Crippen molar-refractivity contribution in [3.05, 3.63) is 71.0 Å². The van der Waals surface area contributed by atoms with Gasteiger partial charge in [-0.1, -0.05) is 36.4 Å². The molecule has 1 heterocycles. The van der Waals surface area contributed by atoms with Gasteiger partial charge in [-0.2, -0.15) is 0 Å². The lowest BCUT2D eigenvalue weighted by Crippen LogP contribution is -2.33. The second-order valence-electron chi connectivity index (χ2n) is 5.15. The van der Waals surface area contributed by atoms with Crippen LogP contribution in [0.15, 0.2) is 48.5 Å². The molecule has 102 valence electrons. The largest absolute Gasteiger partial charge is 0.312 e. The summed E-state index contributed by atoms with van der Waals surface area (Å²) in [6.07, 6.45) is 0.348. The lowest BCUT2D eigenvalue weighted by molar-refractivity contribution is -0.119. The lowest BCUT2D eigenvalue weighted by atomic mass is 9.85. The summed E-state index contributed by atoms with van der Waals surface area (Å²) in [4.78, 5) is 12.5. The number of hydrogen-bond donors (Lipinski definition) is 1. The van der Waals surface area contributed by atoms with Crippen molar-refractivity contribution >= 4 is 5.78 Å². The summed E-state index contributed by atoms with van der Waals surface area (Å²) < 4.78 is 12.9. The topological polar surface area (TPSA) is 29.1 Å². The number of carbonyl (C=O) groups is 1. The van der Waals surface area contributed by atoms with Gasteiger partial charge in [-0.15, -0.1) is 0 Å². The molecule has 1 aliphatic rings. The van der Waals surface area contributed by atoms with Crippen molar-refractivity contribution in [3.8, 4) is 0 Å². The third-order valence-electron chi connectivity index (χ3n) is 3.77. The summed E-state index contributed by atoms with van der Waals surface area (Å²) in [5, 5.41) is 3.29. The molecule has 0 spiro atoms. The highest BCUT2D eigenvalue weighted by Crippen LogP contribution is 2.25. The Morgan fingerprint density at radius 1 is 1.15 bits per heavy atom. The molecule has 0 saturated heterocycles. The van der Waals surface area contributed by atoms with Crippen LogP contribution in [-0.2, 0) is 17.8 Å². The SMILES string of the molecule is O=C(Cc1ccc(F)cc1)C1CNCc2ccccc21.